The number of hydrogen-bond acceptors (Lipinski definition) is 4. The van der Waals surface area contributed by atoms with Crippen molar-refractivity contribution in [2.45, 2.75) is 6.42 Å². The Kier molecular flexibility index (Phi) is 8.09. The molecule has 2 rings (SSSR count). The molecule has 0 bridgehead atoms. The van der Waals surface area contributed by atoms with E-state index >= 15 is 0 Å². The van der Waals surface area contributed by atoms with Crippen LogP contribution in [0.2, 0.25) is 0 Å². The Morgan fingerprint density at radius 2 is 1.92 bits per heavy atom. The van der Waals surface area contributed by atoms with Gasteiger partial charge in [0, 0.05) is 34.4 Å². The Morgan fingerprint density at radius 1 is 1.16 bits per heavy atom. The average molecular weight is 401 g/mol. The molecule has 1 heterocycles. The molecule has 0 saturated heterocycles. The summed E-state index contributed by atoms with van der Waals surface area (Å²) >= 11 is 3.36. The van der Waals surface area contributed by atoms with Crippen LogP contribution in [0.15, 0.2) is 71.9 Å². The molecule has 0 atom stereocenters. The third kappa shape index (κ3) is 6.64. The van der Waals surface area contributed by atoms with Gasteiger partial charge < -0.3 is 10.1 Å². The number of ketones is 1. The molecule has 2 aromatic rings. The maximum absolute atomic E-state index is 12.4. The number of benzene rings is 1. The number of pyridine rings is 1. The Bertz CT molecular complexity index is 709. The van der Waals surface area contributed by atoms with Gasteiger partial charge in [-0.15, -0.1) is 6.58 Å². The van der Waals surface area contributed by atoms with Gasteiger partial charge in [0.05, 0.1) is 0 Å². The quantitative estimate of drug-likeness (QED) is 0.369. The summed E-state index contributed by atoms with van der Waals surface area (Å²) in [5.41, 5.74) is 1.17. The van der Waals surface area contributed by atoms with Crippen LogP contribution < -0.4 is 10.1 Å². The molecule has 0 saturated carbocycles. The van der Waals surface area contributed by atoms with E-state index in [2.05, 4.69) is 32.8 Å². The van der Waals surface area contributed by atoms with Crippen LogP contribution in [0.4, 0.5) is 0 Å². The van der Waals surface area contributed by atoms with E-state index in [0.717, 1.165) is 24.0 Å². The number of halogens is 1. The van der Waals surface area contributed by atoms with E-state index in [1.165, 1.54) is 0 Å². The summed E-state index contributed by atoms with van der Waals surface area (Å²) in [7, 11) is 0. The minimum Gasteiger partial charge on any atom is -0.473 e. The van der Waals surface area contributed by atoms with Gasteiger partial charge in [0.25, 0.3) is 0 Å². The van der Waals surface area contributed by atoms with Gasteiger partial charge >= 0.3 is 0 Å². The van der Waals surface area contributed by atoms with Gasteiger partial charge in [-0.2, -0.15) is 0 Å². The van der Waals surface area contributed by atoms with Crippen LogP contribution >= 0.6 is 15.9 Å². The predicted molar refractivity (Wildman–Crippen MR) is 104 cm³/mol. The SMILES string of the molecule is C=CCCNCC=CCOc1ccc(C(=O)c2ccc(Br)cc2)cn1. The van der Waals surface area contributed by atoms with E-state index in [9.17, 15) is 4.79 Å². The van der Waals surface area contributed by atoms with Crippen LogP contribution in [-0.4, -0.2) is 30.5 Å². The van der Waals surface area contributed by atoms with Crippen molar-refractivity contribution in [2.24, 2.45) is 0 Å². The lowest BCUT2D eigenvalue weighted by Gasteiger charge is -2.04. The minimum atomic E-state index is -0.0583. The molecule has 1 aromatic carbocycles. The van der Waals surface area contributed by atoms with Crippen molar-refractivity contribution in [3.63, 3.8) is 0 Å². The molecular weight excluding hydrogens is 380 g/mol. The van der Waals surface area contributed by atoms with Gasteiger partial charge in [-0.05, 0) is 43.3 Å². The van der Waals surface area contributed by atoms with Gasteiger partial charge in [0.1, 0.15) is 6.61 Å². The first-order valence-electron chi connectivity index (χ1n) is 8.06. The van der Waals surface area contributed by atoms with Gasteiger partial charge in [-0.25, -0.2) is 4.98 Å². The second-order valence-electron chi connectivity index (χ2n) is 5.29. The number of ether oxygens (including phenoxy) is 1. The van der Waals surface area contributed by atoms with Crippen LogP contribution in [0.25, 0.3) is 0 Å². The highest BCUT2D eigenvalue weighted by molar-refractivity contribution is 9.10. The summed E-state index contributed by atoms with van der Waals surface area (Å²) in [5, 5.41) is 3.25. The molecule has 0 amide bonds. The maximum atomic E-state index is 12.4. The van der Waals surface area contributed by atoms with Gasteiger partial charge in [-0.3, -0.25) is 4.79 Å². The summed E-state index contributed by atoms with van der Waals surface area (Å²) in [6.07, 6.45) is 8.33. The zero-order valence-corrected chi connectivity index (χ0v) is 15.5. The second-order valence-corrected chi connectivity index (χ2v) is 6.20. The zero-order chi connectivity index (χ0) is 17.9. The summed E-state index contributed by atoms with van der Waals surface area (Å²) < 4.78 is 6.47. The minimum absolute atomic E-state index is 0.0583. The van der Waals surface area contributed by atoms with Crippen molar-refractivity contribution in [1.82, 2.24) is 10.3 Å². The van der Waals surface area contributed by atoms with E-state index in [0.29, 0.717) is 23.6 Å². The highest BCUT2D eigenvalue weighted by atomic mass is 79.9. The van der Waals surface area contributed by atoms with Crippen LogP contribution in [-0.2, 0) is 0 Å². The van der Waals surface area contributed by atoms with Crippen LogP contribution in [0.3, 0.4) is 0 Å². The zero-order valence-electron chi connectivity index (χ0n) is 14.0. The van der Waals surface area contributed by atoms with Gasteiger partial charge in [0.15, 0.2) is 5.78 Å². The van der Waals surface area contributed by atoms with Gasteiger partial charge in [-0.1, -0.05) is 34.2 Å². The monoisotopic (exact) mass is 400 g/mol. The number of hydrogen-bond donors (Lipinski definition) is 1. The van der Waals surface area contributed by atoms with E-state index in [4.69, 9.17) is 4.74 Å². The fourth-order valence-corrected chi connectivity index (χ4v) is 2.31. The third-order valence-electron chi connectivity index (χ3n) is 3.39. The first kappa shape index (κ1) is 19.1. The fraction of sp³-hybridized carbons (Fsp3) is 0.200. The Balaban J connectivity index is 1.79. The molecule has 0 fully saturated rings. The highest BCUT2D eigenvalue weighted by Gasteiger charge is 2.09. The Hall–Kier alpha value is -2.24. The van der Waals surface area contributed by atoms with Crippen molar-refractivity contribution >= 4 is 21.7 Å². The number of carbonyl (C=O) groups is 1. The molecule has 0 aliphatic heterocycles. The molecule has 0 radical (unpaired) electrons. The van der Waals surface area contributed by atoms with Crippen LogP contribution in [0, 0.1) is 0 Å². The predicted octanol–water partition coefficient (Wildman–Crippen LogP) is 4.18. The van der Waals surface area contributed by atoms with E-state index in [1.807, 2.05) is 30.4 Å². The molecule has 0 aliphatic rings. The molecular formula is C20H21BrN2O2. The van der Waals surface area contributed by atoms with Crippen molar-refractivity contribution in [3.05, 3.63) is 83.0 Å². The molecule has 0 spiro atoms. The first-order valence-corrected chi connectivity index (χ1v) is 8.85. The van der Waals surface area contributed by atoms with E-state index in [-0.39, 0.29) is 5.78 Å². The second kappa shape index (κ2) is 10.6. The number of carbonyl (C=O) groups excluding carboxylic acids is 1. The molecule has 0 aliphatic carbocycles. The maximum Gasteiger partial charge on any atom is 0.213 e. The molecule has 0 unspecified atom stereocenters. The lowest BCUT2D eigenvalue weighted by molar-refractivity contribution is 0.103. The topological polar surface area (TPSA) is 51.2 Å². The molecule has 25 heavy (non-hydrogen) atoms. The number of aromatic nitrogens is 1. The van der Waals surface area contributed by atoms with Crippen LogP contribution in [0.1, 0.15) is 22.3 Å². The molecule has 1 N–H and O–H groups in total. The summed E-state index contributed by atoms with van der Waals surface area (Å²) in [4.78, 5) is 16.5. The molecule has 5 heteroatoms. The smallest absolute Gasteiger partial charge is 0.213 e. The third-order valence-corrected chi connectivity index (χ3v) is 3.92. The normalized spacial score (nSPS) is 10.8. The largest absolute Gasteiger partial charge is 0.473 e. The number of nitrogens with zero attached hydrogens (tertiary/aromatic N) is 1. The van der Waals surface area contributed by atoms with E-state index in [1.54, 1.807) is 30.5 Å². The summed E-state index contributed by atoms with van der Waals surface area (Å²) in [6, 6.07) is 10.7. The molecule has 130 valence electrons. The molecule has 4 nitrogen and oxygen atoms in total. The number of nitrogens with one attached hydrogen (secondary N) is 1. The van der Waals surface area contributed by atoms with E-state index < -0.39 is 0 Å². The Labute approximate surface area is 156 Å². The first-order chi connectivity index (χ1) is 12.2. The van der Waals surface area contributed by atoms with Crippen molar-refractivity contribution in [2.75, 3.05) is 19.7 Å². The van der Waals surface area contributed by atoms with Crippen molar-refractivity contribution < 1.29 is 9.53 Å². The summed E-state index contributed by atoms with van der Waals surface area (Å²) in [6.45, 7) is 5.83. The summed E-state index contributed by atoms with van der Waals surface area (Å²) in [5.74, 6) is 0.439. The average Bonchev–Trinajstić information content (AvgIpc) is 2.64. The molecule has 1 aromatic heterocycles. The fourth-order valence-electron chi connectivity index (χ4n) is 2.04. The van der Waals surface area contributed by atoms with Gasteiger partial charge in [0.2, 0.25) is 5.88 Å². The standard InChI is InChI=1S/C20H21BrN2O2/c1-2-3-12-22-13-4-5-14-25-19-11-8-17(15-23-19)20(24)16-6-9-18(21)10-7-16/h2,4-11,15,22H,1,3,12-14H2. The lowest BCUT2D eigenvalue weighted by Crippen LogP contribution is -2.14. The van der Waals surface area contributed by atoms with Crippen LogP contribution in [0.5, 0.6) is 5.88 Å². The van der Waals surface area contributed by atoms with Crippen molar-refractivity contribution in [1.29, 1.82) is 0 Å². The lowest BCUT2D eigenvalue weighted by atomic mass is 10.1. The van der Waals surface area contributed by atoms with Crippen molar-refractivity contribution in [3.8, 4) is 5.88 Å². The number of rotatable bonds is 10. The highest BCUT2D eigenvalue weighted by Crippen LogP contribution is 2.15. The Morgan fingerprint density at radius 3 is 2.60 bits per heavy atom.